The first-order valence-electron chi connectivity index (χ1n) is 6.21. The third-order valence-corrected chi connectivity index (χ3v) is 5.56. The van der Waals surface area contributed by atoms with Gasteiger partial charge in [-0.3, -0.25) is 0 Å². The monoisotopic (exact) mass is 328 g/mol. The lowest BCUT2D eigenvalue weighted by Gasteiger charge is -2.18. The molecule has 0 aliphatic carbocycles. The molecule has 0 saturated heterocycles. The van der Waals surface area contributed by atoms with E-state index in [2.05, 4.69) is 4.98 Å². The summed E-state index contributed by atoms with van der Waals surface area (Å²) in [4.78, 5) is 4.12. The van der Waals surface area contributed by atoms with E-state index in [4.69, 9.17) is 17.3 Å². The first-order valence-corrected chi connectivity index (χ1v) is 8.03. The van der Waals surface area contributed by atoms with E-state index in [1.165, 1.54) is 17.4 Å². The molecule has 2 rings (SSSR count). The van der Waals surface area contributed by atoms with E-state index in [0.717, 1.165) is 5.56 Å². The van der Waals surface area contributed by atoms with Crippen molar-refractivity contribution in [3.05, 3.63) is 40.9 Å². The van der Waals surface area contributed by atoms with Gasteiger partial charge < -0.3 is 10.3 Å². The number of rotatable bonds is 4. The van der Waals surface area contributed by atoms with Crippen molar-refractivity contribution in [3.8, 4) is 0 Å². The zero-order valence-corrected chi connectivity index (χ0v) is 13.6. The average molecular weight is 329 g/mol. The largest absolute Gasteiger partial charge is 0.398 e. The van der Waals surface area contributed by atoms with Crippen LogP contribution in [-0.2, 0) is 23.6 Å². The van der Waals surface area contributed by atoms with Gasteiger partial charge in [0.25, 0.3) is 0 Å². The van der Waals surface area contributed by atoms with Gasteiger partial charge >= 0.3 is 0 Å². The van der Waals surface area contributed by atoms with Crippen molar-refractivity contribution < 1.29 is 8.42 Å². The van der Waals surface area contributed by atoms with Gasteiger partial charge in [-0.05, 0) is 24.6 Å². The van der Waals surface area contributed by atoms with Gasteiger partial charge in [-0.25, -0.2) is 13.4 Å². The average Bonchev–Trinajstić information content (AvgIpc) is 2.79. The number of nitrogen functional groups attached to an aromatic ring is 1. The lowest BCUT2D eigenvalue weighted by Crippen LogP contribution is -2.28. The first-order chi connectivity index (χ1) is 9.73. The summed E-state index contributed by atoms with van der Waals surface area (Å²) in [6, 6.07) is 2.94. The topological polar surface area (TPSA) is 81.2 Å². The molecule has 0 radical (unpaired) electrons. The molecule has 0 amide bonds. The molecule has 2 N–H and O–H groups in total. The summed E-state index contributed by atoms with van der Waals surface area (Å²) in [5, 5.41) is 0.161. The van der Waals surface area contributed by atoms with Gasteiger partial charge in [0, 0.05) is 32.2 Å². The molecule has 114 valence electrons. The summed E-state index contributed by atoms with van der Waals surface area (Å²) in [6.07, 6.45) is 3.37. The van der Waals surface area contributed by atoms with Crippen LogP contribution < -0.4 is 5.73 Å². The molecule has 8 heteroatoms. The minimum Gasteiger partial charge on any atom is -0.398 e. The fraction of sp³-hybridized carbons (Fsp3) is 0.308. The minimum absolute atomic E-state index is 0.00368. The van der Waals surface area contributed by atoms with Crippen LogP contribution in [-0.4, -0.2) is 29.3 Å². The highest BCUT2D eigenvalue weighted by atomic mass is 35.5. The van der Waals surface area contributed by atoms with E-state index in [1.54, 1.807) is 37.0 Å². The molecule has 0 spiro atoms. The fourth-order valence-corrected chi connectivity index (χ4v) is 3.58. The van der Waals surface area contributed by atoms with Gasteiger partial charge in [0.2, 0.25) is 10.0 Å². The van der Waals surface area contributed by atoms with Gasteiger partial charge in [-0.1, -0.05) is 11.6 Å². The van der Waals surface area contributed by atoms with E-state index in [1.807, 2.05) is 0 Å². The third-order valence-electron chi connectivity index (χ3n) is 3.29. The van der Waals surface area contributed by atoms with E-state index >= 15 is 0 Å². The quantitative estimate of drug-likeness (QED) is 0.867. The second-order valence-corrected chi connectivity index (χ2v) is 7.28. The lowest BCUT2D eigenvalue weighted by atomic mass is 10.2. The highest BCUT2D eigenvalue weighted by Crippen LogP contribution is 2.29. The molecular formula is C13H17ClN4O2S. The summed E-state index contributed by atoms with van der Waals surface area (Å²) < 4.78 is 28.2. The molecule has 0 aliphatic heterocycles. The Kier molecular flexibility index (Phi) is 4.27. The molecular weight excluding hydrogens is 312 g/mol. The number of hydrogen-bond donors (Lipinski definition) is 1. The molecule has 0 atom stereocenters. The maximum atomic E-state index is 12.6. The standard InChI is InChI=1S/C13H17ClN4O2S/c1-9-6-10(14)12(7-11(9)15)21(19,20)18(3)8-13-16-4-5-17(13)2/h4-7H,8,15H2,1-3H3. The van der Waals surface area contributed by atoms with Crippen molar-refractivity contribution in [2.75, 3.05) is 12.8 Å². The first kappa shape index (κ1) is 15.8. The number of aromatic nitrogens is 2. The second-order valence-electron chi connectivity index (χ2n) is 4.85. The van der Waals surface area contributed by atoms with Crippen molar-refractivity contribution >= 4 is 27.3 Å². The number of sulfonamides is 1. The number of anilines is 1. The van der Waals surface area contributed by atoms with E-state index < -0.39 is 10.0 Å². The summed E-state index contributed by atoms with van der Waals surface area (Å²) >= 11 is 6.06. The molecule has 0 saturated carbocycles. The van der Waals surface area contributed by atoms with Gasteiger partial charge in [0.1, 0.15) is 10.7 Å². The molecule has 0 fully saturated rings. The molecule has 0 aliphatic rings. The van der Waals surface area contributed by atoms with Crippen LogP contribution in [0.3, 0.4) is 0 Å². The van der Waals surface area contributed by atoms with Crippen molar-refractivity contribution in [1.29, 1.82) is 0 Å². The Labute approximate surface area is 129 Å². The molecule has 0 bridgehead atoms. The Morgan fingerprint density at radius 2 is 2.10 bits per heavy atom. The molecule has 1 aromatic heterocycles. The number of imidazole rings is 1. The zero-order valence-electron chi connectivity index (χ0n) is 12.0. The number of halogens is 1. The molecule has 1 heterocycles. The Balaban J connectivity index is 2.38. The number of hydrogen-bond acceptors (Lipinski definition) is 4. The number of aryl methyl sites for hydroxylation is 2. The fourth-order valence-electron chi connectivity index (χ4n) is 1.87. The molecule has 6 nitrogen and oxygen atoms in total. The zero-order chi connectivity index (χ0) is 15.8. The summed E-state index contributed by atoms with van der Waals surface area (Å²) in [6.45, 7) is 1.92. The van der Waals surface area contributed by atoms with E-state index in [0.29, 0.717) is 11.5 Å². The maximum Gasteiger partial charge on any atom is 0.244 e. The highest BCUT2D eigenvalue weighted by Gasteiger charge is 2.25. The van der Waals surface area contributed by atoms with Gasteiger partial charge in [-0.15, -0.1) is 0 Å². The summed E-state index contributed by atoms with van der Waals surface area (Å²) in [5.41, 5.74) is 6.92. The Morgan fingerprint density at radius 1 is 1.43 bits per heavy atom. The van der Waals surface area contributed by atoms with Crippen molar-refractivity contribution in [3.63, 3.8) is 0 Å². The van der Waals surface area contributed by atoms with Crippen LogP contribution in [0, 0.1) is 6.92 Å². The molecule has 21 heavy (non-hydrogen) atoms. The lowest BCUT2D eigenvalue weighted by molar-refractivity contribution is 0.451. The SMILES string of the molecule is Cc1cc(Cl)c(S(=O)(=O)N(C)Cc2nccn2C)cc1N. The van der Waals surface area contributed by atoms with Crippen LogP contribution >= 0.6 is 11.6 Å². The van der Waals surface area contributed by atoms with Crippen LogP contribution in [0.15, 0.2) is 29.4 Å². The predicted octanol–water partition coefficient (Wildman–Crippen LogP) is 1.78. The van der Waals surface area contributed by atoms with Crippen LogP contribution in [0.2, 0.25) is 5.02 Å². The minimum atomic E-state index is -3.73. The molecule has 2 aromatic rings. The number of benzene rings is 1. The van der Waals surface area contributed by atoms with Gasteiger partial charge in [0.05, 0.1) is 11.6 Å². The third kappa shape index (κ3) is 3.04. The normalized spacial score (nSPS) is 12.0. The van der Waals surface area contributed by atoms with Crippen molar-refractivity contribution in [1.82, 2.24) is 13.9 Å². The number of nitrogens with two attached hydrogens (primary N) is 1. The van der Waals surface area contributed by atoms with Crippen LogP contribution in [0.5, 0.6) is 0 Å². The highest BCUT2D eigenvalue weighted by molar-refractivity contribution is 7.89. The smallest absolute Gasteiger partial charge is 0.244 e. The summed E-state index contributed by atoms with van der Waals surface area (Å²) in [5.74, 6) is 0.636. The maximum absolute atomic E-state index is 12.6. The van der Waals surface area contributed by atoms with Crippen LogP contribution in [0.1, 0.15) is 11.4 Å². The second kappa shape index (κ2) is 5.67. The van der Waals surface area contributed by atoms with Crippen molar-refractivity contribution in [2.24, 2.45) is 7.05 Å². The van der Waals surface area contributed by atoms with Gasteiger partial charge in [0.15, 0.2) is 0 Å². The predicted molar refractivity (Wildman–Crippen MR) is 82.5 cm³/mol. The Morgan fingerprint density at radius 3 is 2.67 bits per heavy atom. The number of nitrogens with zero attached hydrogens (tertiary/aromatic N) is 3. The Bertz CT molecular complexity index is 770. The van der Waals surface area contributed by atoms with E-state index in [9.17, 15) is 8.42 Å². The van der Waals surface area contributed by atoms with Crippen LogP contribution in [0.4, 0.5) is 5.69 Å². The molecule has 1 aromatic carbocycles. The Hall–Kier alpha value is -1.57. The van der Waals surface area contributed by atoms with E-state index in [-0.39, 0.29) is 16.5 Å². The summed E-state index contributed by atoms with van der Waals surface area (Å²) in [7, 11) is -0.446. The van der Waals surface area contributed by atoms with Crippen molar-refractivity contribution in [2.45, 2.75) is 18.4 Å². The van der Waals surface area contributed by atoms with Gasteiger partial charge in [-0.2, -0.15) is 4.31 Å². The molecule has 0 unspecified atom stereocenters. The van der Waals surface area contributed by atoms with Crippen LogP contribution in [0.25, 0.3) is 0 Å².